The molecule has 3 rings (SSSR count). The molecule has 0 radical (unpaired) electrons. The Morgan fingerprint density at radius 1 is 1.48 bits per heavy atom. The molecule has 7 nitrogen and oxygen atoms in total. The number of amides is 1. The van der Waals surface area contributed by atoms with E-state index in [-0.39, 0.29) is 23.5 Å². The zero-order valence-corrected chi connectivity index (χ0v) is 12.6. The van der Waals surface area contributed by atoms with Crippen molar-refractivity contribution in [1.82, 2.24) is 15.0 Å². The van der Waals surface area contributed by atoms with Crippen LogP contribution in [0.5, 0.6) is 0 Å². The number of hydrogen-bond acceptors (Lipinski definition) is 6. The molecule has 0 saturated carbocycles. The van der Waals surface area contributed by atoms with E-state index in [2.05, 4.69) is 10.1 Å². The molecule has 3 heterocycles. The summed E-state index contributed by atoms with van der Waals surface area (Å²) in [6, 6.07) is 1.40. The topological polar surface area (TPSA) is 93.4 Å². The van der Waals surface area contributed by atoms with E-state index in [9.17, 15) is 13.2 Å². The lowest BCUT2D eigenvalue weighted by molar-refractivity contribution is 0.0747. The second-order valence-corrected chi connectivity index (χ2v) is 7.55. The highest BCUT2D eigenvalue weighted by Gasteiger charge is 2.33. The Labute approximate surface area is 121 Å². The molecule has 1 aliphatic rings. The van der Waals surface area contributed by atoms with Gasteiger partial charge in [-0.05, 0) is 19.4 Å². The maximum atomic E-state index is 12.5. The zero-order chi connectivity index (χ0) is 15.2. The highest BCUT2D eigenvalue weighted by molar-refractivity contribution is 7.91. The lowest BCUT2D eigenvalue weighted by Crippen LogP contribution is -2.37. The van der Waals surface area contributed by atoms with Gasteiger partial charge in [0.15, 0.2) is 9.84 Å². The molecule has 112 valence electrons. The van der Waals surface area contributed by atoms with Crippen LogP contribution < -0.4 is 0 Å². The van der Waals surface area contributed by atoms with Crippen LogP contribution in [0.2, 0.25) is 0 Å². The number of fused-ring (bicyclic) bond motifs is 1. The van der Waals surface area contributed by atoms with Crippen molar-refractivity contribution in [3.63, 3.8) is 0 Å². The smallest absolute Gasteiger partial charge is 0.257 e. The van der Waals surface area contributed by atoms with Crippen molar-refractivity contribution in [2.75, 3.05) is 18.6 Å². The summed E-state index contributed by atoms with van der Waals surface area (Å²) < 4.78 is 28.0. The minimum Gasteiger partial charge on any atom is -0.338 e. The zero-order valence-electron chi connectivity index (χ0n) is 11.7. The van der Waals surface area contributed by atoms with E-state index in [1.54, 1.807) is 20.0 Å². The third-order valence-corrected chi connectivity index (χ3v) is 5.58. The van der Waals surface area contributed by atoms with Gasteiger partial charge in [0, 0.05) is 19.3 Å². The van der Waals surface area contributed by atoms with Crippen molar-refractivity contribution < 1.29 is 17.7 Å². The molecule has 2 aromatic heterocycles. The fourth-order valence-electron chi connectivity index (χ4n) is 2.51. The number of carbonyl (C=O) groups excluding carboxylic acids is 1. The predicted molar refractivity (Wildman–Crippen MR) is 75.7 cm³/mol. The fourth-order valence-corrected chi connectivity index (χ4v) is 4.29. The van der Waals surface area contributed by atoms with Gasteiger partial charge >= 0.3 is 0 Å². The van der Waals surface area contributed by atoms with Crippen molar-refractivity contribution >= 4 is 26.8 Å². The third kappa shape index (κ3) is 2.51. The maximum absolute atomic E-state index is 12.5. The van der Waals surface area contributed by atoms with Gasteiger partial charge in [-0.15, -0.1) is 0 Å². The first-order chi connectivity index (χ1) is 9.87. The molecule has 0 aliphatic carbocycles. The van der Waals surface area contributed by atoms with Crippen molar-refractivity contribution in [2.24, 2.45) is 0 Å². The first-order valence-electron chi connectivity index (χ1n) is 6.57. The molecule has 2 aromatic rings. The minimum atomic E-state index is -3.02. The largest absolute Gasteiger partial charge is 0.338 e. The molecular formula is C13H15N3O4S. The number of aryl methyl sites for hydroxylation is 1. The van der Waals surface area contributed by atoms with Crippen LogP contribution in [0.25, 0.3) is 11.1 Å². The first kappa shape index (κ1) is 14.0. The van der Waals surface area contributed by atoms with Gasteiger partial charge in [0.05, 0.1) is 28.1 Å². The first-order valence-corrected chi connectivity index (χ1v) is 8.39. The van der Waals surface area contributed by atoms with Crippen molar-refractivity contribution in [3.8, 4) is 0 Å². The summed E-state index contributed by atoms with van der Waals surface area (Å²) in [7, 11) is -1.40. The van der Waals surface area contributed by atoms with E-state index in [1.165, 1.54) is 11.1 Å². The van der Waals surface area contributed by atoms with Crippen LogP contribution in [0.3, 0.4) is 0 Å². The summed E-state index contributed by atoms with van der Waals surface area (Å²) in [4.78, 5) is 18.0. The molecule has 21 heavy (non-hydrogen) atoms. The number of rotatable bonds is 2. The van der Waals surface area contributed by atoms with E-state index in [0.29, 0.717) is 28.8 Å². The van der Waals surface area contributed by atoms with E-state index < -0.39 is 9.84 Å². The number of hydrogen-bond donors (Lipinski definition) is 0. The van der Waals surface area contributed by atoms with Gasteiger partial charge in [0.2, 0.25) is 0 Å². The quantitative estimate of drug-likeness (QED) is 0.814. The Morgan fingerprint density at radius 2 is 2.24 bits per heavy atom. The lowest BCUT2D eigenvalue weighted by Gasteiger charge is -2.23. The summed E-state index contributed by atoms with van der Waals surface area (Å²) in [5.41, 5.74) is 1.45. The lowest BCUT2D eigenvalue weighted by atomic mass is 10.1. The van der Waals surface area contributed by atoms with Crippen LogP contribution in [-0.4, -0.2) is 54.0 Å². The van der Waals surface area contributed by atoms with Crippen molar-refractivity contribution in [1.29, 1.82) is 0 Å². The number of pyridine rings is 1. The molecule has 0 N–H and O–H groups in total. The Kier molecular flexibility index (Phi) is 3.20. The van der Waals surface area contributed by atoms with Crippen LogP contribution in [0.15, 0.2) is 16.8 Å². The van der Waals surface area contributed by atoms with E-state index >= 15 is 0 Å². The number of carbonyl (C=O) groups is 1. The third-order valence-electron chi connectivity index (χ3n) is 3.83. The van der Waals surface area contributed by atoms with Gasteiger partial charge in [-0.25, -0.2) is 13.4 Å². The monoisotopic (exact) mass is 309 g/mol. The number of aromatic nitrogens is 2. The van der Waals surface area contributed by atoms with Gasteiger partial charge in [-0.3, -0.25) is 4.79 Å². The van der Waals surface area contributed by atoms with Crippen LogP contribution in [0.4, 0.5) is 0 Å². The van der Waals surface area contributed by atoms with E-state index in [0.717, 1.165) is 0 Å². The molecule has 8 heteroatoms. The minimum absolute atomic E-state index is 0.0250. The SMILES string of the molecule is Cc1noc2ncc(C(=O)N(C)C3CCS(=O)(=O)C3)cc12. The summed E-state index contributed by atoms with van der Waals surface area (Å²) in [5.74, 6) is -0.0822. The van der Waals surface area contributed by atoms with E-state index in [4.69, 9.17) is 4.52 Å². The van der Waals surface area contributed by atoms with Crippen LogP contribution in [-0.2, 0) is 9.84 Å². The van der Waals surface area contributed by atoms with Gasteiger partial charge < -0.3 is 9.42 Å². The van der Waals surface area contributed by atoms with Crippen LogP contribution in [0.1, 0.15) is 22.5 Å². The average Bonchev–Trinajstić information content (AvgIpc) is 3.00. The molecule has 0 bridgehead atoms. The van der Waals surface area contributed by atoms with Crippen LogP contribution in [0, 0.1) is 6.92 Å². The maximum Gasteiger partial charge on any atom is 0.257 e. The van der Waals surface area contributed by atoms with Gasteiger partial charge in [-0.2, -0.15) is 0 Å². The molecule has 1 aliphatic heterocycles. The van der Waals surface area contributed by atoms with Gasteiger partial charge in [0.1, 0.15) is 0 Å². The second-order valence-electron chi connectivity index (χ2n) is 5.32. The molecule has 1 amide bonds. The molecule has 0 aromatic carbocycles. The standard InChI is InChI=1S/C13H15N3O4S/c1-8-11-5-9(6-14-12(11)20-15-8)13(17)16(2)10-3-4-21(18,19)7-10/h5-6,10H,3-4,7H2,1-2H3. The number of nitrogens with zero attached hydrogens (tertiary/aromatic N) is 3. The Morgan fingerprint density at radius 3 is 2.90 bits per heavy atom. The summed E-state index contributed by atoms with van der Waals surface area (Å²) >= 11 is 0. The van der Waals surface area contributed by atoms with Crippen molar-refractivity contribution in [2.45, 2.75) is 19.4 Å². The van der Waals surface area contributed by atoms with Crippen molar-refractivity contribution in [3.05, 3.63) is 23.5 Å². The summed E-state index contributed by atoms with van der Waals surface area (Å²) in [6.07, 6.45) is 1.90. The molecule has 1 unspecified atom stereocenters. The molecule has 1 atom stereocenters. The summed E-state index contributed by atoms with van der Waals surface area (Å²) in [6.45, 7) is 1.77. The van der Waals surface area contributed by atoms with Crippen LogP contribution >= 0.6 is 0 Å². The van der Waals surface area contributed by atoms with Gasteiger partial charge in [0.25, 0.3) is 11.6 Å². The van der Waals surface area contributed by atoms with Gasteiger partial charge in [-0.1, -0.05) is 5.16 Å². The highest BCUT2D eigenvalue weighted by Crippen LogP contribution is 2.21. The normalized spacial score (nSPS) is 20.8. The second kappa shape index (κ2) is 4.80. The average molecular weight is 309 g/mol. The number of sulfone groups is 1. The Balaban J connectivity index is 1.87. The Hall–Kier alpha value is -1.96. The fraction of sp³-hybridized carbons (Fsp3) is 0.462. The summed E-state index contributed by atoms with van der Waals surface area (Å²) in [5, 5.41) is 4.48. The molecular weight excluding hydrogens is 294 g/mol. The molecule has 0 spiro atoms. The Bertz CT molecular complexity index is 812. The molecule has 1 fully saturated rings. The predicted octanol–water partition coefficient (Wildman–Crippen LogP) is 0.790. The van der Waals surface area contributed by atoms with E-state index in [1.807, 2.05) is 0 Å². The highest BCUT2D eigenvalue weighted by atomic mass is 32.2. The molecule has 1 saturated heterocycles.